The summed E-state index contributed by atoms with van der Waals surface area (Å²) in [6.07, 6.45) is 0. The van der Waals surface area contributed by atoms with Crippen LogP contribution in [0, 0.1) is 0 Å². The zero-order valence-electron chi connectivity index (χ0n) is 9.43. The van der Waals surface area contributed by atoms with Gasteiger partial charge in [0.15, 0.2) is 0 Å². The van der Waals surface area contributed by atoms with Crippen molar-refractivity contribution in [3.8, 4) is 5.69 Å². The van der Waals surface area contributed by atoms with Crippen LogP contribution < -0.4 is 5.46 Å². The molecule has 0 saturated heterocycles. The van der Waals surface area contributed by atoms with Gasteiger partial charge in [0, 0.05) is 0 Å². The molecule has 0 radical (unpaired) electrons. The molecule has 0 aliphatic rings. The van der Waals surface area contributed by atoms with Crippen LogP contribution in [0.1, 0.15) is 0 Å². The molecule has 6 heteroatoms. The predicted octanol–water partition coefficient (Wildman–Crippen LogP) is 0.100. The van der Waals surface area contributed by atoms with Gasteiger partial charge in [0.1, 0.15) is 5.52 Å². The van der Waals surface area contributed by atoms with E-state index in [1.807, 2.05) is 24.3 Å². The summed E-state index contributed by atoms with van der Waals surface area (Å²) < 4.78 is 1.71. The van der Waals surface area contributed by atoms with Crippen LogP contribution in [0.3, 0.4) is 0 Å². The van der Waals surface area contributed by atoms with Crippen molar-refractivity contribution >= 4 is 23.6 Å². The molecule has 0 unspecified atom stereocenters. The summed E-state index contributed by atoms with van der Waals surface area (Å²) in [4.78, 5) is 0. The molecule has 0 bridgehead atoms. The highest BCUT2D eigenvalue weighted by Gasteiger charge is 2.11. The fourth-order valence-electron chi connectivity index (χ4n) is 1.85. The average Bonchev–Trinajstić information content (AvgIpc) is 2.82. The lowest BCUT2D eigenvalue weighted by Crippen LogP contribution is -2.29. The van der Waals surface area contributed by atoms with Gasteiger partial charge in [-0.1, -0.05) is 29.5 Å². The Balaban J connectivity index is 2.09. The molecule has 5 nitrogen and oxygen atoms in total. The minimum Gasteiger partial charge on any atom is -0.423 e. The summed E-state index contributed by atoms with van der Waals surface area (Å²) in [5.41, 5.74) is 3.01. The van der Waals surface area contributed by atoms with Crippen LogP contribution in [0.4, 0.5) is 0 Å². The molecule has 0 aliphatic carbocycles. The molecule has 0 spiro atoms. The van der Waals surface area contributed by atoms with Crippen molar-refractivity contribution in [2.75, 3.05) is 0 Å². The number of nitrogens with zero attached hydrogens (tertiary/aromatic N) is 3. The van der Waals surface area contributed by atoms with Crippen LogP contribution in [-0.2, 0) is 0 Å². The average molecular weight is 239 g/mol. The first kappa shape index (κ1) is 10.9. The van der Waals surface area contributed by atoms with Gasteiger partial charge in [-0.3, -0.25) is 0 Å². The van der Waals surface area contributed by atoms with E-state index in [0.29, 0.717) is 5.46 Å². The fraction of sp³-hybridized carbons (Fsp3) is 0. The molecule has 2 N–H and O–H groups in total. The number of hydrogen-bond acceptors (Lipinski definition) is 4. The Kier molecular flexibility index (Phi) is 2.58. The Bertz CT molecular complexity index is 679. The Hall–Kier alpha value is -2.18. The van der Waals surface area contributed by atoms with Crippen LogP contribution in [0.25, 0.3) is 16.7 Å². The van der Waals surface area contributed by atoms with Crippen molar-refractivity contribution in [1.82, 2.24) is 15.0 Å². The lowest BCUT2D eigenvalue weighted by molar-refractivity contribution is 0.426. The Morgan fingerprint density at radius 1 is 0.944 bits per heavy atom. The van der Waals surface area contributed by atoms with Crippen molar-refractivity contribution in [2.45, 2.75) is 0 Å². The molecular weight excluding hydrogens is 229 g/mol. The van der Waals surface area contributed by atoms with Gasteiger partial charge in [-0.05, 0) is 29.7 Å². The Morgan fingerprint density at radius 2 is 1.67 bits per heavy atom. The van der Waals surface area contributed by atoms with Gasteiger partial charge in [0.2, 0.25) is 0 Å². The molecule has 0 saturated carbocycles. The maximum Gasteiger partial charge on any atom is 0.488 e. The number of fused-ring (bicyclic) bond motifs is 1. The standard InChI is InChI=1S/C12H10BN3O2/c17-13(18)9-5-7-10(8-6-9)16-12-4-2-1-3-11(12)14-15-16/h1-8,17-18H. The van der Waals surface area contributed by atoms with E-state index in [0.717, 1.165) is 16.7 Å². The van der Waals surface area contributed by atoms with Crippen molar-refractivity contribution < 1.29 is 10.0 Å². The maximum absolute atomic E-state index is 9.04. The highest BCUT2D eigenvalue weighted by molar-refractivity contribution is 6.58. The molecule has 3 rings (SSSR count). The van der Waals surface area contributed by atoms with Crippen molar-refractivity contribution in [1.29, 1.82) is 0 Å². The second-order valence-electron chi connectivity index (χ2n) is 3.96. The summed E-state index contributed by atoms with van der Waals surface area (Å²) in [5, 5.41) is 26.2. The summed E-state index contributed by atoms with van der Waals surface area (Å²) in [6, 6.07) is 14.5. The van der Waals surface area contributed by atoms with Crippen LogP contribution in [0.5, 0.6) is 0 Å². The van der Waals surface area contributed by atoms with Crippen LogP contribution in [0.15, 0.2) is 48.5 Å². The molecule has 88 valence electrons. The SMILES string of the molecule is OB(O)c1ccc(-n2nnc3ccccc32)cc1. The first-order chi connectivity index (χ1) is 8.75. The van der Waals surface area contributed by atoms with E-state index < -0.39 is 7.12 Å². The van der Waals surface area contributed by atoms with E-state index in [-0.39, 0.29) is 0 Å². The molecule has 1 aromatic heterocycles. The monoisotopic (exact) mass is 239 g/mol. The number of para-hydroxylation sites is 1. The first-order valence-electron chi connectivity index (χ1n) is 5.52. The van der Waals surface area contributed by atoms with Gasteiger partial charge in [-0.15, -0.1) is 5.10 Å². The fourth-order valence-corrected chi connectivity index (χ4v) is 1.85. The molecule has 0 atom stereocenters. The Labute approximate surface area is 103 Å². The normalized spacial score (nSPS) is 10.8. The minimum atomic E-state index is -1.45. The third-order valence-corrected chi connectivity index (χ3v) is 2.79. The minimum absolute atomic E-state index is 0.447. The zero-order valence-corrected chi connectivity index (χ0v) is 9.43. The van der Waals surface area contributed by atoms with E-state index in [1.54, 1.807) is 28.9 Å². The second kappa shape index (κ2) is 4.25. The van der Waals surface area contributed by atoms with Crippen LogP contribution in [-0.4, -0.2) is 32.2 Å². The molecular formula is C12H10BN3O2. The van der Waals surface area contributed by atoms with E-state index in [4.69, 9.17) is 10.0 Å². The van der Waals surface area contributed by atoms with E-state index in [2.05, 4.69) is 10.3 Å². The molecule has 0 amide bonds. The summed E-state index contributed by atoms with van der Waals surface area (Å²) in [5.74, 6) is 0. The first-order valence-corrected chi connectivity index (χ1v) is 5.52. The van der Waals surface area contributed by atoms with Crippen molar-refractivity contribution in [3.63, 3.8) is 0 Å². The molecule has 1 heterocycles. The molecule has 2 aromatic carbocycles. The number of aromatic nitrogens is 3. The van der Waals surface area contributed by atoms with Crippen LogP contribution in [0.2, 0.25) is 0 Å². The summed E-state index contributed by atoms with van der Waals surface area (Å²) in [6.45, 7) is 0. The van der Waals surface area contributed by atoms with Gasteiger partial charge in [0.05, 0.1) is 11.2 Å². The summed E-state index contributed by atoms with van der Waals surface area (Å²) >= 11 is 0. The Morgan fingerprint density at radius 3 is 2.39 bits per heavy atom. The molecule has 0 fully saturated rings. The van der Waals surface area contributed by atoms with Gasteiger partial charge in [-0.25, -0.2) is 4.68 Å². The third kappa shape index (κ3) is 1.77. The maximum atomic E-state index is 9.04. The third-order valence-electron chi connectivity index (χ3n) is 2.79. The zero-order chi connectivity index (χ0) is 12.5. The highest BCUT2D eigenvalue weighted by atomic mass is 16.4. The van der Waals surface area contributed by atoms with Crippen LogP contribution >= 0.6 is 0 Å². The number of rotatable bonds is 2. The van der Waals surface area contributed by atoms with E-state index in [9.17, 15) is 0 Å². The lowest BCUT2D eigenvalue weighted by Gasteiger charge is -2.03. The number of hydrogen-bond donors (Lipinski definition) is 2. The van der Waals surface area contributed by atoms with Gasteiger partial charge < -0.3 is 10.0 Å². The quantitative estimate of drug-likeness (QED) is 0.622. The predicted molar refractivity (Wildman–Crippen MR) is 68.7 cm³/mol. The van der Waals surface area contributed by atoms with E-state index >= 15 is 0 Å². The van der Waals surface area contributed by atoms with Gasteiger partial charge >= 0.3 is 7.12 Å². The van der Waals surface area contributed by atoms with Crippen molar-refractivity contribution in [3.05, 3.63) is 48.5 Å². The smallest absolute Gasteiger partial charge is 0.423 e. The largest absolute Gasteiger partial charge is 0.488 e. The summed E-state index contributed by atoms with van der Waals surface area (Å²) in [7, 11) is -1.45. The second-order valence-corrected chi connectivity index (χ2v) is 3.96. The highest BCUT2D eigenvalue weighted by Crippen LogP contribution is 2.14. The lowest BCUT2D eigenvalue weighted by atomic mass is 9.80. The molecule has 3 aromatic rings. The topological polar surface area (TPSA) is 71.2 Å². The van der Waals surface area contributed by atoms with Gasteiger partial charge in [-0.2, -0.15) is 0 Å². The molecule has 18 heavy (non-hydrogen) atoms. The van der Waals surface area contributed by atoms with E-state index in [1.165, 1.54) is 0 Å². The number of benzene rings is 2. The van der Waals surface area contributed by atoms with Crippen molar-refractivity contribution in [2.24, 2.45) is 0 Å². The van der Waals surface area contributed by atoms with Gasteiger partial charge in [0.25, 0.3) is 0 Å². The molecule has 0 aliphatic heterocycles.